The lowest BCUT2D eigenvalue weighted by atomic mass is 10.0. The second-order valence-corrected chi connectivity index (χ2v) is 6.11. The zero-order valence-corrected chi connectivity index (χ0v) is 14.9. The van der Waals surface area contributed by atoms with Gasteiger partial charge < -0.3 is 14.6 Å². The number of benzene rings is 2. The summed E-state index contributed by atoms with van der Waals surface area (Å²) in [5, 5.41) is 13.7. The fraction of sp³-hybridized carbons (Fsp3) is 0.158. The molecule has 8 nitrogen and oxygen atoms in total. The number of hydrogen-bond donors (Lipinski definition) is 2. The summed E-state index contributed by atoms with van der Waals surface area (Å²) in [6.45, 7) is 0. The van der Waals surface area contributed by atoms with E-state index in [1.807, 2.05) is 42.1 Å². The van der Waals surface area contributed by atoms with E-state index in [9.17, 15) is 4.79 Å². The van der Waals surface area contributed by atoms with Gasteiger partial charge in [0.15, 0.2) is 0 Å². The Morgan fingerprint density at radius 1 is 1.19 bits per heavy atom. The standard InChI is InChI=1S/C19H18N6O2/c1-25-9-8-20-18(25)17(12-4-3-5-14(10-12)27-2)21-19(26)13-6-7-15-16(11-13)23-24-22-15/h3-11,17H,1-2H3,(H,21,26)(H,22,23,24). The number of nitrogens with zero attached hydrogens (tertiary/aromatic N) is 4. The van der Waals surface area contributed by atoms with Gasteiger partial charge in [-0.05, 0) is 35.9 Å². The van der Waals surface area contributed by atoms with E-state index in [1.165, 1.54) is 0 Å². The van der Waals surface area contributed by atoms with Crippen molar-refractivity contribution in [1.82, 2.24) is 30.3 Å². The lowest BCUT2D eigenvalue weighted by Gasteiger charge is -2.20. The molecule has 4 aromatic rings. The third kappa shape index (κ3) is 3.24. The molecule has 0 saturated carbocycles. The Morgan fingerprint density at radius 2 is 2.04 bits per heavy atom. The summed E-state index contributed by atoms with van der Waals surface area (Å²) < 4.78 is 7.20. The number of carbonyl (C=O) groups is 1. The molecule has 2 aromatic heterocycles. The topological polar surface area (TPSA) is 97.7 Å². The van der Waals surface area contributed by atoms with Gasteiger partial charge in [-0.1, -0.05) is 12.1 Å². The van der Waals surface area contributed by atoms with Gasteiger partial charge in [-0.25, -0.2) is 4.98 Å². The summed E-state index contributed by atoms with van der Waals surface area (Å²) in [5.74, 6) is 1.21. The van der Waals surface area contributed by atoms with Gasteiger partial charge >= 0.3 is 0 Å². The lowest BCUT2D eigenvalue weighted by molar-refractivity contribution is 0.0941. The van der Waals surface area contributed by atoms with Crippen LogP contribution in [0.15, 0.2) is 54.9 Å². The molecule has 2 N–H and O–H groups in total. The number of methoxy groups -OCH3 is 1. The Bertz CT molecular complexity index is 1100. The first kappa shape index (κ1) is 16.8. The van der Waals surface area contributed by atoms with E-state index < -0.39 is 6.04 Å². The van der Waals surface area contributed by atoms with Crippen molar-refractivity contribution in [2.24, 2.45) is 7.05 Å². The monoisotopic (exact) mass is 362 g/mol. The van der Waals surface area contributed by atoms with Gasteiger partial charge in [0.2, 0.25) is 0 Å². The molecule has 1 unspecified atom stereocenters. The fourth-order valence-corrected chi connectivity index (χ4v) is 2.97. The predicted molar refractivity (Wildman–Crippen MR) is 99.4 cm³/mol. The third-order valence-corrected chi connectivity index (χ3v) is 4.40. The zero-order valence-electron chi connectivity index (χ0n) is 14.9. The van der Waals surface area contributed by atoms with Gasteiger partial charge in [0, 0.05) is 25.0 Å². The Morgan fingerprint density at radius 3 is 2.81 bits per heavy atom. The molecular weight excluding hydrogens is 344 g/mol. The van der Waals surface area contributed by atoms with Crippen molar-refractivity contribution >= 4 is 16.9 Å². The highest BCUT2D eigenvalue weighted by Gasteiger charge is 2.22. The molecule has 2 heterocycles. The van der Waals surface area contributed by atoms with E-state index in [-0.39, 0.29) is 5.91 Å². The highest BCUT2D eigenvalue weighted by atomic mass is 16.5. The number of H-pyrrole nitrogens is 1. The number of nitrogens with one attached hydrogen (secondary N) is 2. The number of aryl methyl sites for hydroxylation is 1. The number of aromatic amines is 1. The van der Waals surface area contributed by atoms with Crippen molar-refractivity contribution in [2.75, 3.05) is 7.11 Å². The van der Waals surface area contributed by atoms with E-state index >= 15 is 0 Å². The number of carbonyl (C=O) groups excluding carboxylic acids is 1. The van der Waals surface area contributed by atoms with E-state index in [0.29, 0.717) is 22.3 Å². The molecule has 0 saturated heterocycles. The van der Waals surface area contributed by atoms with E-state index in [0.717, 1.165) is 11.4 Å². The highest BCUT2D eigenvalue weighted by molar-refractivity contribution is 5.97. The molecule has 8 heteroatoms. The van der Waals surface area contributed by atoms with Crippen LogP contribution in [0.1, 0.15) is 27.8 Å². The Kier molecular flexibility index (Phi) is 4.29. The first-order valence-corrected chi connectivity index (χ1v) is 8.38. The summed E-state index contributed by atoms with van der Waals surface area (Å²) in [7, 11) is 3.50. The third-order valence-electron chi connectivity index (χ3n) is 4.40. The van der Waals surface area contributed by atoms with Crippen LogP contribution in [0.5, 0.6) is 5.75 Å². The van der Waals surface area contributed by atoms with Gasteiger partial charge in [-0.15, -0.1) is 0 Å². The number of rotatable bonds is 5. The molecule has 0 aliphatic heterocycles. The summed E-state index contributed by atoms with van der Waals surface area (Å²) in [6.07, 6.45) is 3.55. The minimum Gasteiger partial charge on any atom is -0.497 e. The number of imidazole rings is 1. The lowest BCUT2D eigenvalue weighted by Crippen LogP contribution is -2.31. The SMILES string of the molecule is COc1cccc(C(NC(=O)c2ccc3n[nH]nc3c2)c2nccn2C)c1. The molecule has 1 atom stereocenters. The van der Waals surface area contributed by atoms with Crippen molar-refractivity contribution in [3.05, 3.63) is 71.8 Å². The molecule has 4 rings (SSSR count). The van der Waals surface area contributed by atoms with Gasteiger partial charge in [0.25, 0.3) is 5.91 Å². The quantitative estimate of drug-likeness (QED) is 0.567. The first-order valence-electron chi connectivity index (χ1n) is 8.38. The smallest absolute Gasteiger partial charge is 0.252 e. The molecule has 0 bridgehead atoms. The molecular formula is C19H18N6O2. The number of fused-ring (bicyclic) bond motifs is 1. The number of amides is 1. The van der Waals surface area contributed by atoms with Crippen molar-refractivity contribution in [3.63, 3.8) is 0 Å². The van der Waals surface area contributed by atoms with E-state index in [2.05, 4.69) is 25.7 Å². The molecule has 0 radical (unpaired) electrons. The average molecular weight is 362 g/mol. The predicted octanol–water partition coefficient (Wildman–Crippen LogP) is 2.22. The Labute approximate surface area is 155 Å². The average Bonchev–Trinajstić information content (AvgIpc) is 3.34. The molecule has 0 spiro atoms. The molecule has 0 aliphatic rings. The van der Waals surface area contributed by atoms with Gasteiger partial charge in [-0.3, -0.25) is 4.79 Å². The second kappa shape index (κ2) is 6.91. The molecule has 27 heavy (non-hydrogen) atoms. The van der Waals surface area contributed by atoms with Crippen molar-refractivity contribution in [1.29, 1.82) is 0 Å². The van der Waals surface area contributed by atoms with Crippen LogP contribution >= 0.6 is 0 Å². The van der Waals surface area contributed by atoms with E-state index in [4.69, 9.17) is 4.74 Å². The zero-order chi connectivity index (χ0) is 18.8. The van der Waals surface area contributed by atoms with Gasteiger partial charge in [-0.2, -0.15) is 15.4 Å². The summed E-state index contributed by atoms with van der Waals surface area (Å²) in [5.41, 5.74) is 2.72. The van der Waals surface area contributed by atoms with Crippen LogP contribution in [0, 0.1) is 0 Å². The van der Waals surface area contributed by atoms with Gasteiger partial charge in [0.1, 0.15) is 28.6 Å². The number of aromatic nitrogens is 5. The maximum atomic E-state index is 12.9. The maximum Gasteiger partial charge on any atom is 0.252 e. The molecule has 1 amide bonds. The summed E-state index contributed by atoms with van der Waals surface area (Å²) in [4.78, 5) is 17.3. The van der Waals surface area contributed by atoms with Crippen molar-refractivity contribution < 1.29 is 9.53 Å². The molecule has 136 valence electrons. The normalized spacial score (nSPS) is 12.1. The van der Waals surface area contributed by atoms with Crippen LogP contribution < -0.4 is 10.1 Å². The number of hydrogen-bond acceptors (Lipinski definition) is 5. The van der Waals surface area contributed by atoms with Crippen LogP contribution in [0.4, 0.5) is 0 Å². The second-order valence-electron chi connectivity index (χ2n) is 6.11. The largest absolute Gasteiger partial charge is 0.497 e. The minimum absolute atomic E-state index is 0.226. The van der Waals surface area contributed by atoms with Crippen LogP contribution in [0.3, 0.4) is 0 Å². The van der Waals surface area contributed by atoms with Crippen LogP contribution in [0.2, 0.25) is 0 Å². The molecule has 0 fully saturated rings. The fourth-order valence-electron chi connectivity index (χ4n) is 2.97. The Hall–Kier alpha value is -3.68. The molecule has 0 aliphatic carbocycles. The Balaban J connectivity index is 1.70. The highest BCUT2D eigenvalue weighted by Crippen LogP contribution is 2.25. The van der Waals surface area contributed by atoms with Crippen LogP contribution in [-0.2, 0) is 7.05 Å². The summed E-state index contributed by atoms with van der Waals surface area (Å²) >= 11 is 0. The molecule has 2 aromatic carbocycles. The maximum absolute atomic E-state index is 12.9. The minimum atomic E-state index is -0.430. The number of ether oxygens (including phenoxy) is 1. The van der Waals surface area contributed by atoms with Crippen molar-refractivity contribution in [2.45, 2.75) is 6.04 Å². The van der Waals surface area contributed by atoms with E-state index in [1.54, 1.807) is 31.5 Å². The van der Waals surface area contributed by atoms with Gasteiger partial charge in [0.05, 0.1) is 7.11 Å². The first-order chi connectivity index (χ1) is 13.2. The van der Waals surface area contributed by atoms with Crippen molar-refractivity contribution in [3.8, 4) is 5.75 Å². The summed E-state index contributed by atoms with van der Waals surface area (Å²) in [6, 6.07) is 12.3. The van der Waals surface area contributed by atoms with Crippen LogP contribution in [-0.4, -0.2) is 38.0 Å². The van der Waals surface area contributed by atoms with Crippen LogP contribution in [0.25, 0.3) is 11.0 Å².